The van der Waals surface area contributed by atoms with Gasteiger partial charge in [-0.15, -0.1) is 11.3 Å². The van der Waals surface area contributed by atoms with Crippen LogP contribution in [-0.2, 0) is 13.1 Å². The fraction of sp³-hybridized carbons (Fsp3) is 0.125. The second kappa shape index (κ2) is 6.92. The van der Waals surface area contributed by atoms with Gasteiger partial charge in [0.05, 0.1) is 36.3 Å². The van der Waals surface area contributed by atoms with Crippen LogP contribution in [0.2, 0.25) is 0 Å². The minimum Gasteiger partial charge on any atom is -0.452 e. The minimum absolute atomic E-state index is 0.0467. The van der Waals surface area contributed by atoms with E-state index >= 15 is 0 Å². The molecule has 0 aromatic carbocycles. The lowest BCUT2D eigenvalue weighted by Gasteiger charge is -2.08. The third-order valence-electron chi connectivity index (χ3n) is 3.47. The normalized spacial score (nSPS) is 11.0. The van der Waals surface area contributed by atoms with Crippen molar-refractivity contribution in [2.45, 2.75) is 13.1 Å². The van der Waals surface area contributed by atoms with Crippen LogP contribution in [0.5, 0.6) is 11.5 Å². The summed E-state index contributed by atoms with van der Waals surface area (Å²) >= 11 is 1.25. The number of hydrogen-bond acceptors (Lipinski definition) is 8. The fourth-order valence-electron chi connectivity index (χ4n) is 2.36. The number of hydrogen-bond donors (Lipinski definition) is 0. The molecule has 4 aromatic heterocycles. The Labute approximate surface area is 150 Å². The van der Waals surface area contributed by atoms with Crippen LogP contribution < -0.4 is 4.74 Å². The second-order valence-corrected chi connectivity index (χ2v) is 6.20. The number of aromatic nitrogens is 6. The molecule has 0 bridgehead atoms. The Morgan fingerprint density at radius 1 is 1.23 bits per heavy atom. The summed E-state index contributed by atoms with van der Waals surface area (Å²) < 4.78 is 19.8. The summed E-state index contributed by atoms with van der Waals surface area (Å²) in [6, 6.07) is 1.59. The molecule has 4 heterocycles. The van der Waals surface area contributed by atoms with Gasteiger partial charge in [0.2, 0.25) is 0 Å². The monoisotopic (exact) mass is 370 g/mol. The van der Waals surface area contributed by atoms with Crippen LogP contribution in [0.3, 0.4) is 0 Å². The zero-order chi connectivity index (χ0) is 17.9. The highest BCUT2D eigenvalue weighted by atomic mass is 32.1. The van der Waals surface area contributed by atoms with Crippen molar-refractivity contribution in [1.82, 2.24) is 29.5 Å². The summed E-state index contributed by atoms with van der Waals surface area (Å²) in [6.07, 6.45) is 7.41. The van der Waals surface area contributed by atoms with Crippen molar-refractivity contribution in [3.63, 3.8) is 0 Å². The zero-order valence-corrected chi connectivity index (χ0v) is 14.1. The van der Waals surface area contributed by atoms with E-state index in [-0.39, 0.29) is 12.2 Å². The Bertz CT molecular complexity index is 1060. The molecule has 0 unspecified atom stereocenters. The summed E-state index contributed by atoms with van der Waals surface area (Å²) in [7, 11) is 0. The van der Waals surface area contributed by atoms with E-state index in [1.165, 1.54) is 40.9 Å². The minimum atomic E-state index is -0.651. The molecule has 0 aliphatic rings. The number of alkyl halides is 1. The van der Waals surface area contributed by atoms with Crippen molar-refractivity contribution in [2.75, 3.05) is 0 Å². The molecule has 0 saturated carbocycles. The topological polar surface area (TPSA) is 95.2 Å². The van der Waals surface area contributed by atoms with E-state index in [1.807, 2.05) is 0 Å². The molecular weight excluding hydrogens is 359 g/mol. The van der Waals surface area contributed by atoms with Gasteiger partial charge in [0.25, 0.3) is 0 Å². The summed E-state index contributed by atoms with van der Waals surface area (Å²) in [5.74, 6) is 0.611. The SMILES string of the molecule is O=C(Cc1nc(CF)cs1)c1cc(Oc2cncnc2)cn2ncnc12. The van der Waals surface area contributed by atoms with Gasteiger partial charge in [-0.1, -0.05) is 0 Å². The number of nitrogens with zero attached hydrogens (tertiary/aromatic N) is 6. The molecule has 0 spiro atoms. The lowest BCUT2D eigenvalue weighted by Crippen LogP contribution is -2.07. The third kappa shape index (κ3) is 3.26. The van der Waals surface area contributed by atoms with Gasteiger partial charge in [-0.25, -0.2) is 28.8 Å². The Morgan fingerprint density at radius 2 is 2.08 bits per heavy atom. The third-order valence-corrected chi connectivity index (χ3v) is 4.37. The molecule has 0 radical (unpaired) electrons. The average molecular weight is 370 g/mol. The van der Waals surface area contributed by atoms with Crippen molar-refractivity contribution in [3.05, 3.63) is 59.0 Å². The van der Waals surface area contributed by atoms with Crippen LogP contribution >= 0.6 is 11.3 Å². The van der Waals surface area contributed by atoms with Crippen LogP contribution in [0.15, 0.2) is 42.7 Å². The maximum Gasteiger partial charge on any atom is 0.173 e. The van der Waals surface area contributed by atoms with E-state index in [4.69, 9.17) is 4.74 Å². The summed E-state index contributed by atoms with van der Waals surface area (Å²) in [5, 5.41) is 6.21. The van der Waals surface area contributed by atoms with E-state index in [1.54, 1.807) is 17.6 Å². The number of carbonyl (C=O) groups excluding carboxylic acids is 1. The number of carbonyl (C=O) groups is 1. The molecule has 0 atom stereocenters. The summed E-state index contributed by atoms with van der Waals surface area (Å²) in [5.41, 5.74) is 1.08. The standard InChI is InChI=1S/C16H11FN6O2S/c17-3-10-7-26-15(22-10)2-14(24)13-1-11(6-23-16(13)20-9-21-23)25-12-4-18-8-19-5-12/h1,4-9H,2-3H2. The van der Waals surface area contributed by atoms with E-state index in [9.17, 15) is 9.18 Å². The molecule has 10 heteroatoms. The van der Waals surface area contributed by atoms with E-state index < -0.39 is 6.67 Å². The first kappa shape index (κ1) is 16.2. The molecule has 26 heavy (non-hydrogen) atoms. The molecule has 4 rings (SSSR count). The predicted molar refractivity (Wildman–Crippen MR) is 90.1 cm³/mol. The average Bonchev–Trinajstić information content (AvgIpc) is 3.30. The van der Waals surface area contributed by atoms with Crippen LogP contribution in [-0.4, -0.2) is 35.3 Å². The smallest absolute Gasteiger partial charge is 0.173 e. The molecule has 130 valence electrons. The first-order valence-corrected chi connectivity index (χ1v) is 8.39. The van der Waals surface area contributed by atoms with E-state index in [2.05, 4.69) is 25.0 Å². The largest absolute Gasteiger partial charge is 0.452 e. The predicted octanol–water partition coefficient (Wildman–Crippen LogP) is 2.66. The van der Waals surface area contributed by atoms with Gasteiger partial charge in [-0.05, 0) is 6.07 Å². The quantitative estimate of drug-likeness (QED) is 0.482. The molecule has 0 N–H and O–H groups in total. The van der Waals surface area contributed by atoms with Crippen molar-refractivity contribution in [3.8, 4) is 11.5 Å². The Balaban J connectivity index is 1.66. The van der Waals surface area contributed by atoms with Crippen molar-refractivity contribution in [1.29, 1.82) is 0 Å². The van der Waals surface area contributed by atoms with Gasteiger partial charge in [-0.3, -0.25) is 4.79 Å². The first-order valence-electron chi connectivity index (χ1n) is 7.51. The van der Waals surface area contributed by atoms with Crippen LogP contribution in [0.25, 0.3) is 5.65 Å². The van der Waals surface area contributed by atoms with Gasteiger partial charge in [-0.2, -0.15) is 5.10 Å². The maximum atomic E-state index is 12.7. The number of ketones is 1. The maximum absolute atomic E-state index is 12.7. The van der Waals surface area contributed by atoms with E-state index in [0.717, 1.165) is 0 Å². The molecule has 0 aliphatic carbocycles. The highest BCUT2D eigenvalue weighted by Crippen LogP contribution is 2.24. The second-order valence-electron chi connectivity index (χ2n) is 5.26. The lowest BCUT2D eigenvalue weighted by molar-refractivity contribution is 0.0993. The number of fused-ring (bicyclic) bond motifs is 1. The Hall–Kier alpha value is -3.27. The van der Waals surface area contributed by atoms with Crippen molar-refractivity contribution < 1.29 is 13.9 Å². The fourth-order valence-corrected chi connectivity index (χ4v) is 3.13. The van der Waals surface area contributed by atoms with Gasteiger partial charge in [0.15, 0.2) is 17.2 Å². The molecule has 0 saturated heterocycles. The molecule has 4 aromatic rings. The molecule has 0 aliphatic heterocycles. The highest BCUT2D eigenvalue weighted by molar-refractivity contribution is 7.09. The number of ether oxygens (including phenoxy) is 1. The molecule has 8 nitrogen and oxygen atoms in total. The number of Topliss-reactive ketones (excluding diaryl/α,β-unsaturated/α-hetero) is 1. The first-order chi connectivity index (χ1) is 12.7. The van der Waals surface area contributed by atoms with Crippen molar-refractivity contribution in [2.24, 2.45) is 0 Å². The molecule has 0 fully saturated rings. The van der Waals surface area contributed by atoms with Gasteiger partial charge in [0.1, 0.15) is 30.1 Å². The van der Waals surface area contributed by atoms with Gasteiger partial charge >= 0.3 is 0 Å². The lowest BCUT2D eigenvalue weighted by atomic mass is 10.1. The molecule has 0 amide bonds. The number of halogens is 1. The van der Waals surface area contributed by atoms with Gasteiger partial charge < -0.3 is 4.74 Å². The van der Waals surface area contributed by atoms with Gasteiger partial charge in [0, 0.05) is 5.38 Å². The van der Waals surface area contributed by atoms with Crippen LogP contribution in [0.1, 0.15) is 21.1 Å². The van der Waals surface area contributed by atoms with E-state index in [0.29, 0.717) is 33.4 Å². The molecular formula is C16H11FN6O2S. The Morgan fingerprint density at radius 3 is 2.85 bits per heavy atom. The number of thiazole rings is 1. The summed E-state index contributed by atoms with van der Waals surface area (Å²) in [4.78, 5) is 28.7. The highest BCUT2D eigenvalue weighted by Gasteiger charge is 2.17. The Kier molecular flexibility index (Phi) is 4.32. The summed E-state index contributed by atoms with van der Waals surface area (Å²) in [6.45, 7) is -0.651. The zero-order valence-electron chi connectivity index (χ0n) is 13.2. The number of pyridine rings is 1. The van der Waals surface area contributed by atoms with Crippen LogP contribution in [0.4, 0.5) is 4.39 Å². The van der Waals surface area contributed by atoms with Crippen LogP contribution in [0, 0.1) is 0 Å². The number of rotatable bonds is 6. The van der Waals surface area contributed by atoms with Crippen molar-refractivity contribution >= 4 is 22.8 Å².